The summed E-state index contributed by atoms with van der Waals surface area (Å²) in [5.74, 6) is -3.14. The highest BCUT2D eigenvalue weighted by Crippen LogP contribution is 2.50. The van der Waals surface area contributed by atoms with Crippen LogP contribution in [0.1, 0.15) is 21.5 Å². The molecule has 2 fully saturated rings. The van der Waals surface area contributed by atoms with Crippen LogP contribution in [-0.4, -0.2) is 43.9 Å². The summed E-state index contributed by atoms with van der Waals surface area (Å²) in [6.07, 6.45) is -1.04. The zero-order valence-corrected chi connectivity index (χ0v) is 21.4. The minimum atomic E-state index is -4.66. The van der Waals surface area contributed by atoms with E-state index in [2.05, 4.69) is 0 Å². The molecule has 4 unspecified atom stereocenters. The topological polar surface area (TPSA) is 76.2 Å². The van der Waals surface area contributed by atoms with Gasteiger partial charge in [0, 0.05) is 11.3 Å². The number of hydrogen-bond acceptors (Lipinski definition) is 6. The maximum atomic E-state index is 14.2. The third-order valence-corrected chi connectivity index (χ3v) is 7.78. The van der Waals surface area contributed by atoms with Crippen molar-refractivity contribution in [1.29, 1.82) is 0 Å². The fourth-order valence-corrected chi connectivity index (χ4v) is 6.05. The van der Waals surface area contributed by atoms with Gasteiger partial charge in [0.1, 0.15) is 6.04 Å². The Morgan fingerprint density at radius 1 is 0.850 bits per heavy atom. The zero-order valence-electron chi connectivity index (χ0n) is 21.4. The van der Waals surface area contributed by atoms with E-state index in [-0.39, 0.29) is 11.3 Å². The van der Waals surface area contributed by atoms with Crippen molar-refractivity contribution in [2.24, 2.45) is 11.8 Å². The third kappa shape index (κ3) is 3.77. The Bertz CT molecular complexity index is 1580. The van der Waals surface area contributed by atoms with Gasteiger partial charge in [-0.05, 0) is 48.0 Å². The molecule has 0 aliphatic carbocycles. The van der Waals surface area contributed by atoms with Crippen LogP contribution in [0.5, 0.6) is 11.5 Å². The van der Waals surface area contributed by atoms with E-state index in [1.165, 1.54) is 26.4 Å². The second-order valence-corrected chi connectivity index (χ2v) is 9.81. The Morgan fingerprint density at radius 2 is 1.57 bits per heavy atom. The molecule has 3 aliphatic heterocycles. The maximum absolute atomic E-state index is 14.2. The molecule has 0 spiro atoms. The number of carbonyl (C=O) groups is 3. The largest absolute Gasteiger partial charge is 0.493 e. The first-order chi connectivity index (χ1) is 19.2. The molecule has 40 heavy (non-hydrogen) atoms. The van der Waals surface area contributed by atoms with Gasteiger partial charge in [0.2, 0.25) is 11.8 Å². The molecular formula is C30H23F3N2O5. The number of para-hydroxylation sites is 1. The van der Waals surface area contributed by atoms with E-state index in [4.69, 9.17) is 9.47 Å². The van der Waals surface area contributed by atoms with Crippen LogP contribution >= 0.6 is 0 Å². The number of ether oxygens (including phenoxy) is 2. The number of benzene rings is 3. The molecule has 0 radical (unpaired) electrons. The number of hydrogen-bond donors (Lipinski definition) is 0. The molecule has 2 saturated heterocycles. The molecular weight excluding hydrogens is 525 g/mol. The van der Waals surface area contributed by atoms with Crippen LogP contribution in [0.2, 0.25) is 0 Å². The summed E-state index contributed by atoms with van der Waals surface area (Å²) in [5, 5.41) is 0. The number of imide groups is 1. The van der Waals surface area contributed by atoms with Gasteiger partial charge in [0.15, 0.2) is 17.3 Å². The van der Waals surface area contributed by atoms with Crippen molar-refractivity contribution in [2.75, 3.05) is 24.0 Å². The average molecular weight is 549 g/mol. The summed E-state index contributed by atoms with van der Waals surface area (Å²) in [5.41, 5.74) is 0.594. The monoisotopic (exact) mass is 548 g/mol. The van der Waals surface area contributed by atoms with E-state index in [0.717, 1.165) is 28.7 Å². The van der Waals surface area contributed by atoms with Crippen molar-refractivity contribution in [3.63, 3.8) is 0 Å². The van der Waals surface area contributed by atoms with Gasteiger partial charge >= 0.3 is 6.18 Å². The van der Waals surface area contributed by atoms with Crippen molar-refractivity contribution in [2.45, 2.75) is 18.3 Å². The lowest BCUT2D eigenvalue weighted by molar-refractivity contribution is -0.137. The summed E-state index contributed by atoms with van der Waals surface area (Å²) < 4.78 is 51.0. The Labute approximate surface area is 227 Å². The zero-order chi connectivity index (χ0) is 28.3. The van der Waals surface area contributed by atoms with Crippen LogP contribution in [-0.2, 0) is 15.8 Å². The summed E-state index contributed by atoms with van der Waals surface area (Å²) in [7, 11) is 2.90. The molecule has 0 saturated carbocycles. The van der Waals surface area contributed by atoms with Gasteiger partial charge in [-0.25, -0.2) is 4.90 Å². The normalized spacial score (nSPS) is 23.1. The SMILES string of the molecule is COc1ccc(C(=O)C2C3C(=O)N(c4cccc(C(F)(F)F)c4)C(=O)C3C3C=Cc4ccccc4N32)cc1OC. The molecule has 0 N–H and O–H groups in total. The quantitative estimate of drug-likeness (QED) is 0.330. The van der Waals surface area contributed by atoms with Crippen molar-refractivity contribution in [3.8, 4) is 11.5 Å². The number of anilines is 2. The molecule has 6 rings (SSSR count). The van der Waals surface area contributed by atoms with Gasteiger partial charge in [-0.3, -0.25) is 14.4 Å². The molecule has 4 atom stereocenters. The Balaban J connectivity index is 1.48. The van der Waals surface area contributed by atoms with Crippen molar-refractivity contribution < 1.29 is 37.0 Å². The lowest BCUT2D eigenvalue weighted by atomic mass is 9.86. The summed E-state index contributed by atoms with van der Waals surface area (Å²) in [4.78, 5) is 44.6. The van der Waals surface area contributed by atoms with E-state index in [1.807, 2.05) is 24.3 Å². The second-order valence-electron chi connectivity index (χ2n) is 9.81. The first kappa shape index (κ1) is 25.7. The Kier molecular flexibility index (Phi) is 5.94. The van der Waals surface area contributed by atoms with E-state index in [1.54, 1.807) is 29.2 Å². The number of carbonyl (C=O) groups excluding carboxylic acids is 3. The fourth-order valence-electron chi connectivity index (χ4n) is 6.05. The van der Waals surface area contributed by atoms with Crippen LogP contribution in [0, 0.1) is 11.8 Å². The molecule has 3 aromatic carbocycles. The maximum Gasteiger partial charge on any atom is 0.416 e. The average Bonchev–Trinajstić information content (AvgIpc) is 3.44. The Morgan fingerprint density at radius 3 is 2.30 bits per heavy atom. The van der Waals surface area contributed by atoms with Crippen LogP contribution in [0.3, 0.4) is 0 Å². The minimum absolute atomic E-state index is 0.178. The van der Waals surface area contributed by atoms with Gasteiger partial charge in [-0.15, -0.1) is 0 Å². The van der Waals surface area contributed by atoms with E-state index in [0.29, 0.717) is 17.2 Å². The number of Topliss-reactive ketones (excluding diaryl/α,β-unsaturated/α-hetero) is 1. The number of alkyl halides is 3. The number of nitrogens with zero attached hydrogens (tertiary/aromatic N) is 2. The van der Waals surface area contributed by atoms with Crippen LogP contribution in [0.4, 0.5) is 24.5 Å². The summed E-state index contributed by atoms with van der Waals surface area (Å²) in [6, 6.07) is 14.4. The number of fused-ring (bicyclic) bond motifs is 5. The molecule has 10 heteroatoms. The van der Waals surface area contributed by atoms with Crippen LogP contribution in [0.15, 0.2) is 72.8 Å². The van der Waals surface area contributed by atoms with Crippen molar-refractivity contribution in [3.05, 3.63) is 89.5 Å². The third-order valence-electron chi connectivity index (χ3n) is 7.78. The van der Waals surface area contributed by atoms with E-state index in [9.17, 15) is 27.6 Å². The molecule has 2 amide bonds. The minimum Gasteiger partial charge on any atom is -0.493 e. The molecule has 7 nitrogen and oxygen atoms in total. The molecule has 204 valence electrons. The number of methoxy groups -OCH3 is 2. The number of rotatable bonds is 5. The predicted molar refractivity (Wildman–Crippen MR) is 140 cm³/mol. The van der Waals surface area contributed by atoms with Gasteiger partial charge in [-0.2, -0.15) is 13.2 Å². The molecule has 3 heterocycles. The van der Waals surface area contributed by atoms with Gasteiger partial charge in [0.25, 0.3) is 0 Å². The first-order valence-electron chi connectivity index (χ1n) is 12.5. The highest BCUT2D eigenvalue weighted by Gasteiger charge is 2.64. The lowest BCUT2D eigenvalue weighted by Gasteiger charge is -2.36. The van der Waals surface area contributed by atoms with Gasteiger partial charge < -0.3 is 14.4 Å². The number of halogens is 3. The summed E-state index contributed by atoms with van der Waals surface area (Å²) >= 11 is 0. The molecule has 0 bridgehead atoms. The van der Waals surface area contributed by atoms with Gasteiger partial charge in [0.05, 0.1) is 43.3 Å². The molecule has 0 aromatic heterocycles. The molecule has 3 aromatic rings. The van der Waals surface area contributed by atoms with Crippen LogP contribution < -0.4 is 19.3 Å². The Hall–Kier alpha value is -4.60. The fraction of sp³-hybridized carbons (Fsp3) is 0.233. The number of amides is 2. The van der Waals surface area contributed by atoms with Gasteiger partial charge in [-0.1, -0.05) is 36.4 Å². The highest BCUT2D eigenvalue weighted by molar-refractivity contribution is 6.25. The lowest BCUT2D eigenvalue weighted by Crippen LogP contribution is -2.48. The van der Waals surface area contributed by atoms with Crippen molar-refractivity contribution in [1.82, 2.24) is 0 Å². The van der Waals surface area contributed by atoms with E-state index < -0.39 is 53.3 Å². The number of ketones is 1. The first-order valence-corrected chi connectivity index (χ1v) is 12.5. The van der Waals surface area contributed by atoms with Crippen molar-refractivity contribution >= 4 is 35.0 Å². The van der Waals surface area contributed by atoms with E-state index >= 15 is 0 Å². The second kappa shape index (κ2) is 9.25. The highest BCUT2D eigenvalue weighted by atomic mass is 19.4. The molecule has 3 aliphatic rings. The smallest absolute Gasteiger partial charge is 0.416 e. The van der Waals surface area contributed by atoms with Crippen LogP contribution in [0.25, 0.3) is 6.08 Å². The summed E-state index contributed by atoms with van der Waals surface area (Å²) in [6.45, 7) is 0. The standard InChI is InChI=1S/C30H23F3N2O5/c1-39-22-13-11-17(14-23(22)40-2)27(36)26-25-24(21-12-10-16-6-3-4-9-20(16)35(21)26)28(37)34(29(25)38)19-8-5-7-18(15-19)30(31,32)33/h3-15,21,24-26H,1-2H3. The predicted octanol–water partition coefficient (Wildman–Crippen LogP) is 5.00.